The molecule has 0 aliphatic rings. The van der Waals surface area contributed by atoms with Crippen LogP contribution < -0.4 is 4.74 Å². The highest BCUT2D eigenvalue weighted by Crippen LogP contribution is 2.25. The third-order valence-electron chi connectivity index (χ3n) is 1.44. The molecule has 0 atom stereocenters. The highest BCUT2D eigenvalue weighted by Gasteiger charge is 2.14. The van der Waals surface area contributed by atoms with Gasteiger partial charge in [-0.25, -0.2) is 0 Å². The Kier molecular flexibility index (Phi) is 3.30. The summed E-state index contributed by atoms with van der Waals surface area (Å²) >= 11 is 4.72. The molecule has 1 aromatic carbocycles. The van der Waals surface area contributed by atoms with E-state index in [0.29, 0.717) is 0 Å². The summed E-state index contributed by atoms with van der Waals surface area (Å²) in [6.45, 7) is 3.40. The smallest absolute Gasteiger partial charge is 0.311 e. The number of para-hydroxylation sites is 2. The largest absolute Gasteiger partial charge is 0.439 e. The fourth-order valence-corrected chi connectivity index (χ4v) is 0.934. The van der Waals surface area contributed by atoms with Crippen molar-refractivity contribution < 1.29 is 9.66 Å². The van der Waals surface area contributed by atoms with E-state index in [0.717, 1.165) is 0 Å². The van der Waals surface area contributed by atoms with Crippen LogP contribution in [0.3, 0.4) is 0 Å². The lowest BCUT2D eigenvalue weighted by Gasteiger charge is -2.02. The molecular formula is C9H7NO3S. The molecule has 5 heteroatoms. The lowest BCUT2D eigenvalue weighted by molar-refractivity contribution is -0.385. The summed E-state index contributed by atoms with van der Waals surface area (Å²) in [7, 11) is 0. The molecule has 0 saturated heterocycles. The van der Waals surface area contributed by atoms with Crippen molar-refractivity contribution in [1.29, 1.82) is 0 Å². The van der Waals surface area contributed by atoms with Crippen LogP contribution in [0.25, 0.3) is 0 Å². The first-order valence-corrected chi connectivity index (χ1v) is 4.13. The van der Waals surface area contributed by atoms with Crippen molar-refractivity contribution in [1.82, 2.24) is 0 Å². The molecule has 0 aromatic heterocycles. The number of ether oxygens (including phenoxy) is 1. The van der Waals surface area contributed by atoms with Gasteiger partial charge < -0.3 is 4.74 Å². The van der Waals surface area contributed by atoms with Crippen molar-refractivity contribution in [3.63, 3.8) is 0 Å². The molecule has 0 radical (unpaired) electrons. The van der Waals surface area contributed by atoms with Crippen LogP contribution in [0.2, 0.25) is 0 Å². The van der Waals surface area contributed by atoms with Gasteiger partial charge in [0.05, 0.1) is 4.92 Å². The molecule has 0 N–H and O–H groups in total. The summed E-state index contributed by atoms with van der Waals surface area (Å²) in [5.41, 5.74) is -0.114. The Morgan fingerprint density at radius 1 is 1.57 bits per heavy atom. The normalized spacial score (nSPS) is 9.14. The average Bonchev–Trinajstić information content (AvgIpc) is 2.18. The van der Waals surface area contributed by atoms with Gasteiger partial charge >= 0.3 is 5.69 Å². The molecule has 0 aliphatic heterocycles. The Balaban J connectivity index is 3.01. The van der Waals surface area contributed by atoms with Gasteiger partial charge in [0.15, 0.2) is 5.05 Å². The fraction of sp³-hybridized carbons (Fsp3) is 0. The Hall–Kier alpha value is -1.75. The lowest BCUT2D eigenvalue weighted by Crippen LogP contribution is -2.02. The van der Waals surface area contributed by atoms with Gasteiger partial charge in [-0.15, -0.1) is 0 Å². The second-order valence-corrected chi connectivity index (χ2v) is 2.75. The molecule has 0 fully saturated rings. The molecule has 72 valence electrons. The number of thiocarbonyl (C=S) groups is 1. The number of nitro groups is 1. The van der Waals surface area contributed by atoms with Crippen molar-refractivity contribution in [3.8, 4) is 5.75 Å². The zero-order valence-electron chi connectivity index (χ0n) is 7.17. The van der Waals surface area contributed by atoms with E-state index in [-0.39, 0.29) is 16.5 Å². The molecule has 14 heavy (non-hydrogen) atoms. The van der Waals surface area contributed by atoms with Crippen LogP contribution >= 0.6 is 12.2 Å². The SMILES string of the molecule is C=CC(=S)Oc1ccccc1[N+](=O)[O-]. The first-order chi connectivity index (χ1) is 6.65. The number of nitro benzene ring substituents is 1. The zero-order chi connectivity index (χ0) is 10.6. The molecule has 0 bridgehead atoms. The quantitative estimate of drug-likeness (QED) is 0.332. The van der Waals surface area contributed by atoms with Crippen molar-refractivity contribution in [2.24, 2.45) is 0 Å². The molecule has 1 rings (SSSR count). The van der Waals surface area contributed by atoms with E-state index in [1.165, 1.54) is 18.2 Å². The molecule has 4 nitrogen and oxygen atoms in total. The second kappa shape index (κ2) is 4.48. The number of nitrogens with zero attached hydrogens (tertiary/aromatic N) is 1. The Labute approximate surface area is 86.0 Å². The number of hydrogen-bond donors (Lipinski definition) is 0. The number of benzene rings is 1. The van der Waals surface area contributed by atoms with E-state index >= 15 is 0 Å². The predicted octanol–water partition coefficient (Wildman–Crippen LogP) is 2.49. The van der Waals surface area contributed by atoms with Crippen molar-refractivity contribution in [3.05, 3.63) is 47.0 Å². The van der Waals surface area contributed by atoms with Gasteiger partial charge in [0.2, 0.25) is 5.75 Å². The summed E-state index contributed by atoms with van der Waals surface area (Å²) in [6.07, 6.45) is 1.31. The summed E-state index contributed by atoms with van der Waals surface area (Å²) < 4.78 is 5.03. The molecule has 0 amide bonds. The van der Waals surface area contributed by atoms with Gasteiger partial charge in [0, 0.05) is 6.07 Å². The van der Waals surface area contributed by atoms with Crippen molar-refractivity contribution >= 4 is 23.0 Å². The molecule has 0 saturated carbocycles. The minimum atomic E-state index is -0.527. The van der Waals surface area contributed by atoms with Gasteiger partial charge in [0.1, 0.15) is 0 Å². The number of rotatable bonds is 3. The van der Waals surface area contributed by atoms with Gasteiger partial charge in [-0.05, 0) is 24.4 Å². The monoisotopic (exact) mass is 209 g/mol. The van der Waals surface area contributed by atoms with Crippen LogP contribution in [-0.2, 0) is 0 Å². The fourth-order valence-electron chi connectivity index (χ4n) is 0.844. The summed E-state index contributed by atoms with van der Waals surface area (Å²) in [5.74, 6) is 0.127. The van der Waals surface area contributed by atoms with Crippen LogP contribution in [0, 0.1) is 10.1 Å². The summed E-state index contributed by atoms with van der Waals surface area (Å²) in [4.78, 5) is 10.0. The molecule has 0 heterocycles. The second-order valence-electron chi connectivity index (χ2n) is 2.35. The third-order valence-corrected chi connectivity index (χ3v) is 1.69. The summed E-state index contributed by atoms with van der Waals surface area (Å²) in [6, 6.07) is 6.02. The van der Waals surface area contributed by atoms with Crippen LogP contribution in [0.5, 0.6) is 5.75 Å². The predicted molar refractivity (Wildman–Crippen MR) is 56.5 cm³/mol. The minimum Gasteiger partial charge on any atom is -0.439 e. The first kappa shape index (κ1) is 10.3. The van der Waals surface area contributed by atoms with Gasteiger partial charge in [-0.2, -0.15) is 0 Å². The molecule has 0 aliphatic carbocycles. The van der Waals surface area contributed by atoms with E-state index < -0.39 is 4.92 Å². The van der Waals surface area contributed by atoms with Crippen LogP contribution in [0.1, 0.15) is 0 Å². The zero-order valence-corrected chi connectivity index (χ0v) is 7.99. The van der Waals surface area contributed by atoms with E-state index in [2.05, 4.69) is 6.58 Å². The van der Waals surface area contributed by atoms with Gasteiger partial charge in [0.25, 0.3) is 0 Å². The van der Waals surface area contributed by atoms with Gasteiger partial charge in [-0.1, -0.05) is 18.7 Å². The summed E-state index contributed by atoms with van der Waals surface area (Å²) in [5, 5.41) is 10.7. The Morgan fingerprint density at radius 2 is 2.21 bits per heavy atom. The highest BCUT2D eigenvalue weighted by atomic mass is 32.1. The average molecular weight is 209 g/mol. The van der Waals surface area contributed by atoms with Crippen LogP contribution in [0.4, 0.5) is 5.69 Å². The highest BCUT2D eigenvalue weighted by molar-refractivity contribution is 7.80. The molecule has 0 spiro atoms. The topological polar surface area (TPSA) is 52.4 Å². The van der Waals surface area contributed by atoms with E-state index in [4.69, 9.17) is 17.0 Å². The standard InChI is InChI=1S/C9H7NO3S/c1-2-9(14)13-8-6-4-3-5-7(8)10(11)12/h2-6H,1H2. The number of hydrogen-bond acceptors (Lipinski definition) is 4. The van der Waals surface area contributed by atoms with Crippen molar-refractivity contribution in [2.75, 3.05) is 0 Å². The Morgan fingerprint density at radius 3 is 2.79 bits per heavy atom. The van der Waals surface area contributed by atoms with Crippen LogP contribution in [-0.4, -0.2) is 9.97 Å². The van der Waals surface area contributed by atoms with Gasteiger partial charge in [-0.3, -0.25) is 10.1 Å². The molecular weight excluding hydrogens is 202 g/mol. The van der Waals surface area contributed by atoms with E-state index in [1.807, 2.05) is 0 Å². The third kappa shape index (κ3) is 2.37. The maximum absolute atomic E-state index is 10.5. The van der Waals surface area contributed by atoms with Crippen molar-refractivity contribution in [2.45, 2.75) is 0 Å². The Bertz CT molecular complexity index is 389. The van der Waals surface area contributed by atoms with Crippen LogP contribution in [0.15, 0.2) is 36.9 Å². The lowest BCUT2D eigenvalue weighted by atomic mass is 10.3. The molecule has 0 unspecified atom stereocenters. The molecule has 1 aromatic rings. The first-order valence-electron chi connectivity index (χ1n) is 3.73. The maximum Gasteiger partial charge on any atom is 0.311 e. The maximum atomic E-state index is 10.5. The van der Waals surface area contributed by atoms with E-state index in [9.17, 15) is 10.1 Å². The minimum absolute atomic E-state index is 0.110. The van der Waals surface area contributed by atoms with E-state index in [1.54, 1.807) is 12.1 Å².